The summed E-state index contributed by atoms with van der Waals surface area (Å²) in [6, 6.07) is 11.2. The molecule has 178 valence electrons. The van der Waals surface area contributed by atoms with Gasteiger partial charge in [-0.3, -0.25) is 4.57 Å². The Hall–Kier alpha value is -3.13. The number of pyridine rings is 1. The highest BCUT2D eigenvalue weighted by molar-refractivity contribution is 5.89. The lowest BCUT2D eigenvalue weighted by molar-refractivity contribution is 0.0601. The van der Waals surface area contributed by atoms with Crippen molar-refractivity contribution in [2.45, 2.75) is 52.5 Å². The zero-order chi connectivity index (χ0) is 23.8. The Labute approximate surface area is 196 Å². The van der Waals surface area contributed by atoms with Gasteiger partial charge >= 0.3 is 5.97 Å². The van der Waals surface area contributed by atoms with Gasteiger partial charge in [0, 0.05) is 31.4 Å². The van der Waals surface area contributed by atoms with E-state index >= 15 is 0 Å². The summed E-state index contributed by atoms with van der Waals surface area (Å²) < 4.78 is 6.84. The molecule has 8 nitrogen and oxygen atoms in total. The molecule has 1 unspecified atom stereocenters. The number of benzene rings is 1. The van der Waals surface area contributed by atoms with Crippen LogP contribution >= 0.6 is 0 Å². The van der Waals surface area contributed by atoms with Gasteiger partial charge in [-0.15, -0.1) is 0 Å². The highest BCUT2D eigenvalue weighted by Crippen LogP contribution is 2.28. The van der Waals surface area contributed by atoms with E-state index in [1.54, 1.807) is 12.1 Å². The summed E-state index contributed by atoms with van der Waals surface area (Å²) in [5.41, 5.74) is 9.00. The highest BCUT2D eigenvalue weighted by Gasteiger charge is 2.19. The number of unbranched alkanes of at least 4 members (excludes halogenated alkanes) is 2. The van der Waals surface area contributed by atoms with Gasteiger partial charge in [0.1, 0.15) is 11.3 Å². The zero-order valence-electron chi connectivity index (χ0n) is 20.2. The Morgan fingerprint density at radius 2 is 1.76 bits per heavy atom. The van der Waals surface area contributed by atoms with Crippen molar-refractivity contribution in [3.8, 4) is 0 Å². The minimum absolute atomic E-state index is 0.00864. The topological polar surface area (TPSA) is 98.3 Å². The second kappa shape index (κ2) is 11.7. The fourth-order valence-electron chi connectivity index (χ4n) is 3.73. The number of carbonyl (C=O) groups excluding carboxylic acids is 1. The molecule has 1 atom stereocenters. The summed E-state index contributed by atoms with van der Waals surface area (Å²) in [5.74, 6) is 1.29. The molecule has 33 heavy (non-hydrogen) atoms. The monoisotopic (exact) mass is 452 g/mol. The number of rotatable bonds is 12. The van der Waals surface area contributed by atoms with Crippen LogP contribution in [0.3, 0.4) is 0 Å². The number of fused-ring (bicyclic) bond motifs is 1. The number of imidazole rings is 1. The maximum atomic E-state index is 11.7. The third kappa shape index (κ3) is 5.82. The van der Waals surface area contributed by atoms with Gasteiger partial charge in [-0.25, -0.2) is 14.8 Å². The lowest BCUT2D eigenvalue weighted by atomic mass is 10.2. The predicted molar refractivity (Wildman–Crippen MR) is 134 cm³/mol. The maximum absolute atomic E-state index is 11.7. The van der Waals surface area contributed by atoms with Gasteiger partial charge in [0.25, 0.3) is 0 Å². The molecule has 3 N–H and O–H groups in total. The molecule has 0 aliphatic heterocycles. The van der Waals surface area contributed by atoms with Crippen LogP contribution in [0.1, 0.15) is 62.9 Å². The number of hydrogen-bond donors (Lipinski definition) is 2. The molecule has 0 saturated carbocycles. The smallest absolute Gasteiger partial charge is 0.337 e. The molecule has 0 aliphatic carbocycles. The Bertz CT molecular complexity index is 1040. The predicted octanol–water partition coefficient (Wildman–Crippen LogP) is 4.89. The minimum Gasteiger partial charge on any atom is -0.465 e. The lowest BCUT2D eigenvalue weighted by Crippen LogP contribution is -2.26. The number of carbonyl (C=O) groups is 1. The molecule has 2 aromatic heterocycles. The Kier molecular flexibility index (Phi) is 8.65. The molecule has 0 saturated heterocycles. The Morgan fingerprint density at radius 3 is 2.33 bits per heavy atom. The first kappa shape index (κ1) is 24.5. The molecule has 1 aromatic carbocycles. The van der Waals surface area contributed by atoms with E-state index in [0.29, 0.717) is 18.1 Å². The van der Waals surface area contributed by atoms with Gasteiger partial charge in [0.15, 0.2) is 5.65 Å². The van der Waals surface area contributed by atoms with Crippen molar-refractivity contribution in [3.05, 3.63) is 42.0 Å². The van der Waals surface area contributed by atoms with Crippen molar-refractivity contribution in [1.29, 1.82) is 0 Å². The van der Waals surface area contributed by atoms with Crippen molar-refractivity contribution in [2.24, 2.45) is 5.73 Å². The van der Waals surface area contributed by atoms with Crippen LogP contribution in [-0.4, -0.2) is 47.2 Å². The fourth-order valence-corrected chi connectivity index (χ4v) is 3.73. The van der Waals surface area contributed by atoms with Crippen LogP contribution in [0, 0.1) is 0 Å². The van der Waals surface area contributed by atoms with Crippen molar-refractivity contribution < 1.29 is 9.53 Å². The van der Waals surface area contributed by atoms with E-state index in [9.17, 15) is 4.79 Å². The van der Waals surface area contributed by atoms with Crippen molar-refractivity contribution in [1.82, 2.24) is 14.5 Å². The largest absolute Gasteiger partial charge is 0.465 e. The molecule has 0 amide bonds. The minimum atomic E-state index is -0.363. The molecule has 3 aromatic rings. The van der Waals surface area contributed by atoms with Gasteiger partial charge in [0.2, 0.25) is 5.95 Å². The maximum Gasteiger partial charge on any atom is 0.337 e. The van der Waals surface area contributed by atoms with Crippen molar-refractivity contribution in [2.75, 3.05) is 37.0 Å². The molecule has 3 rings (SSSR count). The molecule has 0 spiro atoms. The number of anilines is 3. The standard InChI is InChI=1S/C25H36N6O2/c1-5-7-15-30(16-8-6-2)22-14-13-21-23(29-22)31(18(3)17-26)25(28-21)27-20-11-9-19(10-12-20)24(32)33-4/h9-14,18H,5-8,15-17,26H2,1-4H3,(H,27,28). The molecular formula is C25H36N6O2. The fraction of sp³-hybridized carbons (Fsp3) is 0.480. The van der Waals surface area contributed by atoms with Crippen molar-refractivity contribution >= 4 is 34.6 Å². The van der Waals surface area contributed by atoms with Crippen LogP contribution < -0.4 is 16.0 Å². The van der Waals surface area contributed by atoms with Crippen molar-refractivity contribution in [3.63, 3.8) is 0 Å². The van der Waals surface area contributed by atoms with Gasteiger partial charge < -0.3 is 20.7 Å². The normalized spacial score (nSPS) is 12.0. The first-order valence-electron chi connectivity index (χ1n) is 11.8. The molecule has 0 bridgehead atoms. The third-order valence-electron chi connectivity index (χ3n) is 5.75. The number of nitrogens with one attached hydrogen (secondary N) is 1. The summed E-state index contributed by atoms with van der Waals surface area (Å²) >= 11 is 0. The summed E-state index contributed by atoms with van der Waals surface area (Å²) in [6.45, 7) is 8.93. The second-order valence-electron chi connectivity index (χ2n) is 8.29. The van der Waals surface area contributed by atoms with Crippen LogP contribution in [0.2, 0.25) is 0 Å². The van der Waals surface area contributed by atoms with Crippen LogP contribution in [0.15, 0.2) is 36.4 Å². The average Bonchev–Trinajstić information content (AvgIpc) is 3.20. The van der Waals surface area contributed by atoms with E-state index in [4.69, 9.17) is 20.4 Å². The summed E-state index contributed by atoms with van der Waals surface area (Å²) in [7, 11) is 1.37. The van der Waals surface area contributed by atoms with E-state index < -0.39 is 0 Å². The lowest BCUT2D eigenvalue weighted by Gasteiger charge is -2.24. The van der Waals surface area contributed by atoms with Crippen LogP contribution in [0.5, 0.6) is 0 Å². The van der Waals surface area contributed by atoms with Gasteiger partial charge in [0.05, 0.1) is 12.7 Å². The molecule has 2 heterocycles. The molecule has 8 heteroatoms. The SMILES string of the molecule is CCCCN(CCCC)c1ccc2nc(Nc3ccc(C(=O)OC)cc3)n(C(C)CN)c2n1. The zero-order valence-corrected chi connectivity index (χ0v) is 20.2. The van der Waals surface area contributed by atoms with Crippen LogP contribution in [0.25, 0.3) is 11.2 Å². The first-order valence-corrected chi connectivity index (χ1v) is 11.8. The number of nitrogens with zero attached hydrogens (tertiary/aromatic N) is 4. The molecule has 0 fully saturated rings. The first-order chi connectivity index (χ1) is 16.0. The van der Waals surface area contributed by atoms with E-state index in [1.807, 2.05) is 18.2 Å². The van der Waals surface area contributed by atoms with E-state index in [0.717, 1.165) is 61.4 Å². The van der Waals surface area contributed by atoms with Gasteiger partial charge in [-0.1, -0.05) is 26.7 Å². The van der Waals surface area contributed by atoms with Crippen LogP contribution in [-0.2, 0) is 4.74 Å². The van der Waals surface area contributed by atoms with E-state index in [-0.39, 0.29) is 12.0 Å². The Balaban J connectivity index is 1.97. The third-order valence-corrected chi connectivity index (χ3v) is 5.75. The number of ether oxygens (including phenoxy) is 1. The Morgan fingerprint density at radius 1 is 1.09 bits per heavy atom. The number of hydrogen-bond acceptors (Lipinski definition) is 7. The van der Waals surface area contributed by atoms with Gasteiger partial charge in [-0.2, -0.15) is 0 Å². The second-order valence-corrected chi connectivity index (χ2v) is 8.29. The quantitative estimate of drug-likeness (QED) is 0.378. The number of nitrogens with two attached hydrogens (primary N) is 1. The molecule has 0 aliphatic rings. The molecule has 0 radical (unpaired) electrons. The van der Waals surface area contributed by atoms with E-state index in [1.165, 1.54) is 7.11 Å². The number of esters is 1. The summed E-state index contributed by atoms with van der Waals surface area (Å²) in [5, 5.41) is 3.37. The average molecular weight is 453 g/mol. The van der Waals surface area contributed by atoms with E-state index in [2.05, 4.69) is 41.6 Å². The van der Waals surface area contributed by atoms with Crippen LogP contribution in [0.4, 0.5) is 17.5 Å². The summed E-state index contributed by atoms with van der Waals surface area (Å²) in [4.78, 5) is 23.9. The molecular weight excluding hydrogens is 416 g/mol. The number of aromatic nitrogens is 3. The highest BCUT2D eigenvalue weighted by atomic mass is 16.5. The summed E-state index contributed by atoms with van der Waals surface area (Å²) in [6.07, 6.45) is 4.57. The number of methoxy groups -OCH3 is 1. The van der Waals surface area contributed by atoms with Gasteiger partial charge in [-0.05, 0) is 56.2 Å².